The Bertz CT molecular complexity index is 1120. The lowest BCUT2D eigenvalue weighted by molar-refractivity contribution is -0.122. The standard InChI is InChI=1S/C23H23N3O2/c1-4-11-25-22(27)21(24-23(25)28)14-19-12-15(2)26(16(19)3)20-10-9-17-7-5-6-8-18(17)13-20/h5-10,12-14H,4,11H2,1-3H3,(H,24,28)/b21-14+. The molecule has 0 spiro atoms. The maximum absolute atomic E-state index is 12.5. The van der Waals surface area contributed by atoms with Crippen molar-refractivity contribution < 1.29 is 9.59 Å². The minimum Gasteiger partial charge on any atom is -0.318 e. The maximum Gasteiger partial charge on any atom is 0.329 e. The monoisotopic (exact) mass is 373 g/mol. The molecule has 5 heteroatoms. The third-order valence-electron chi connectivity index (χ3n) is 5.17. The molecule has 3 amide bonds. The van der Waals surface area contributed by atoms with E-state index in [9.17, 15) is 9.59 Å². The highest BCUT2D eigenvalue weighted by Crippen LogP contribution is 2.26. The van der Waals surface area contributed by atoms with Crippen molar-refractivity contribution >= 4 is 28.8 Å². The zero-order valence-electron chi connectivity index (χ0n) is 16.3. The van der Waals surface area contributed by atoms with Crippen LogP contribution in [0.2, 0.25) is 0 Å². The van der Waals surface area contributed by atoms with E-state index in [0.717, 1.165) is 29.1 Å². The molecule has 0 radical (unpaired) electrons. The Kier molecular flexibility index (Phi) is 4.51. The van der Waals surface area contributed by atoms with Crippen LogP contribution in [-0.4, -0.2) is 28.0 Å². The normalized spacial score (nSPS) is 15.7. The van der Waals surface area contributed by atoms with Crippen LogP contribution in [0.1, 0.15) is 30.3 Å². The van der Waals surface area contributed by atoms with Crippen LogP contribution >= 0.6 is 0 Å². The van der Waals surface area contributed by atoms with Gasteiger partial charge in [0.05, 0.1) is 0 Å². The summed E-state index contributed by atoms with van der Waals surface area (Å²) in [6.07, 6.45) is 2.51. The first-order valence-corrected chi connectivity index (χ1v) is 9.52. The largest absolute Gasteiger partial charge is 0.329 e. The van der Waals surface area contributed by atoms with Crippen LogP contribution in [0.15, 0.2) is 54.2 Å². The van der Waals surface area contributed by atoms with Gasteiger partial charge in [0.1, 0.15) is 5.70 Å². The number of benzene rings is 2. The van der Waals surface area contributed by atoms with Crippen LogP contribution in [0.5, 0.6) is 0 Å². The van der Waals surface area contributed by atoms with Gasteiger partial charge in [-0.25, -0.2) is 4.79 Å². The second-order valence-electron chi connectivity index (χ2n) is 7.14. The number of carbonyl (C=O) groups excluding carboxylic acids is 2. The second-order valence-corrected chi connectivity index (χ2v) is 7.14. The van der Waals surface area contributed by atoms with Crippen molar-refractivity contribution in [3.05, 3.63) is 71.2 Å². The van der Waals surface area contributed by atoms with Crippen LogP contribution < -0.4 is 5.32 Å². The molecular weight excluding hydrogens is 350 g/mol. The Morgan fingerprint density at radius 2 is 1.75 bits per heavy atom. The molecule has 1 N–H and O–H groups in total. The molecule has 1 aliphatic rings. The number of amides is 3. The average Bonchev–Trinajstić information content (AvgIpc) is 3.11. The first kappa shape index (κ1) is 18.0. The van der Waals surface area contributed by atoms with Crippen molar-refractivity contribution in [1.82, 2.24) is 14.8 Å². The van der Waals surface area contributed by atoms with Crippen molar-refractivity contribution in [1.29, 1.82) is 0 Å². The molecule has 3 aromatic rings. The van der Waals surface area contributed by atoms with Crippen LogP contribution in [0.4, 0.5) is 4.79 Å². The summed E-state index contributed by atoms with van der Waals surface area (Å²) in [5.41, 5.74) is 4.43. The van der Waals surface area contributed by atoms with Gasteiger partial charge < -0.3 is 9.88 Å². The van der Waals surface area contributed by atoms with Gasteiger partial charge in [0.25, 0.3) is 5.91 Å². The summed E-state index contributed by atoms with van der Waals surface area (Å²) in [5.74, 6) is -0.262. The first-order valence-electron chi connectivity index (χ1n) is 9.52. The molecule has 1 aliphatic heterocycles. The molecule has 2 heterocycles. The van der Waals surface area contributed by atoms with E-state index in [1.54, 1.807) is 6.08 Å². The molecule has 1 saturated heterocycles. The van der Waals surface area contributed by atoms with E-state index in [0.29, 0.717) is 12.2 Å². The van der Waals surface area contributed by atoms with E-state index in [1.807, 2.05) is 39.0 Å². The molecule has 142 valence electrons. The summed E-state index contributed by atoms with van der Waals surface area (Å²) < 4.78 is 2.17. The number of carbonyl (C=O) groups is 2. The van der Waals surface area contributed by atoms with Gasteiger partial charge in [-0.2, -0.15) is 0 Å². The van der Waals surface area contributed by atoms with E-state index >= 15 is 0 Å². The number of hydrogen-bond donors (Lipinski definition) is 1. The zero-order valence-corrected chi connectivity index (χ0v) is 16.3. The van der Waals surface area contributed by atoms with Gasteiger partial charge in [0.15, 0.2) is 0 Å². The molecule has 2 aromatic carbocycles. The van der Waals surface area contributed by atoms with E-state index < -0.39 is 0 Å². The van der Waals surface area contributed by atoms with Gasteiger partial charge in [0.2, 0.25) is 0 Å². The molecule has 0 unspecified atom stereocenters. The fourth-order valence-corrected chi connectivity index (χ4v) is 3.80. The maximum atomic E-state index is 12.5. The molecule has 5 nitrogen and oxygen atoms in total. The number of hydrogen-bond acceptors (Lipinski definition) is 2. The number of imide groups is 1. The Morgan fingerprint density at radius 1 is 1.00 bits per heavy atom. The van der Waals surface area contributed by atoms with Crippen LogP contribution in [0.3, 0.4) is 0 Å². The quantitative estimate of drug-likeness (QED) is 0.539. The zero-order chi connectivity index (χ0) is 19.8. The summed E-state index contributed by atoms with van der Waals surface area (Å²) in [4.78, 5) is 25.8. The van der Waals surface area contributed by atoms with Crippen LogP contribution in [-0.2, 0) is 4.79 Å². The molecular formula is C23H23N3O2. The lowest BCUT2D eigenvalue weighted by Crippen LogP contribution is -2.31. The predicted octanol–water partition coefficient (Wildman–Crippen LogP) is 4.55. The van der Waals surface area contributed by atoms with E-state index in [1.165, 1.54) is 15.7 Å². The third kappa shape index (κ3) is 2.99. The van der Waals surface area contributed by atoms with Crippen molar-refractivity contribution in [2.45, 2.75) is 27.2 Å². The number of aromatic nitrogens is 1. The molecule has 0 bridgehead atoms. The highest BCUT2D eigenvalue weighted by molar-refractivity contribution is 6.14. The van der Waals surface area contributed by atoms with Crippen molar-refractivity contribution in [3.63, 3.8) is 0 Å². The molecule has 4 rings (SSSR count). The lowest BCUT2D eigenvalue weighted by Gasteiger charge is -2.11. The summed E-state index contributed by atoms with van der Waals surface area (Å²) in [6, 6.07) is 16.3. The van der Waals surface area contributed by atoms with E-state index in [2.05, 4.69) is 40.2 Å². The van der Waals surface area contributed by atoms with Gasteiger partial charge in [-0.15, -0.1) is 0 Å². The van der Waals surface area contributed by atoms with Gasteiger partial charge in [-0.05, 0) is 60.9 Å². The highest BCUT2D eigenvalue weighted by Gasteiger charge is 2.32. The summed E-state index contributed by atoms with van der Waals surface area (Å²) in [5, 5.41) is 5.08. The Balaban J connectivity index is 1.73. The molecule has 1 fully saturated rings. The number of fused-ring (bicyclic) bond motifs is 1. The molecule has 0 aliphatic carbocycles. The summed E-state index contributed by atoms with van der Waals surface area (Å²) in [6.45, 7) is 6.44. The predicted molar refractivity (Wildman–Crippen MR) is 111 cm³/mol. The van der Waals surface area contributed by atoms with Crippen molar-refractivity contribution in [2.24, 2.45) is 0 Å². The molecule has 0 saturated carbocycles. The fourth-order valence-electron chi connectivity index (χ4n) is 3.80. The van der Waals surface area contributed by atoms with Gasteiger partial charge in [0, 0.05) is 23.6 Å². The smallest absolute Gasteiger partial charge is 0.318 e. The third-order valence-corrected chi connectivity index (χ3v) is 5.17. The lowest BCUT2D eigenvalue weighted by atomic mass is 10.1. The molecule has 0 atom stereocenters. The summed E-state index contributed by atoms with van der Waals surface area (Å²) >= 11 is 0. The van der Waals surface area contributed by atoms with Gasteiger partial charge >= 0.3 is 6.03 Å². The van der Waals surface area contributed by atoms with Crippen molar-refractivity contribution in [3.8, 4) is 5.69 Å². The number of nitrogens with one attached hydrogen (secondary N) is 1. The fraction of sp³-hybridized carbons (Fsp3) is 0.217. The van der Waals surface area contributed by atoms with Crippen LogP contribution in [0, 0.1) is 13.8 Å². The average molecular weight is 373 g/mol. The van der Waals surface area contributed by atoms with Gasteiger partial charge in [-0.3, -0.25) is 9.69 Å². The Hall–Kier alpha value is -3.34. The second kappa shape index (κ2) is 7.00. The van der Waals surface area contributed by atoms with E-state index in [4.69, 9.17) is 0 Å². The number of urea groups is 1. The minimum atomic E-state index is -0.346. The Labute approximate surface area is 164 Å². The first-order chi connectivity index (χ1) is 13.5. The van der Waals surface area contributed by atoms with Crippen LogP contribution in [0.25, 0.3) is 22.5 Å². The van der Waals surface area contributed by atoms with Gasteiger partial charge in [-0.1, -0.05) is 37.3 Å². The molecule has 1 aromatic heterocycles. The Morgan fingerprint density at radius 3 is 2.50 bits per heavy atom. The SMILES string of the molecule is CCCN1C(=O)N/C(=C/c2cc(C)n(-c3ccc4ccccc4c3)c2C)C1=O. The van der Waals surface area contributed by atoms with E-state index in [-0.39, 0.29) is 11.9 Å². The van der Waals surface area contributed by atoms with Crippen molar-refractivity contribution in [2.75, 3.05) is 6.54 Å². The highest BCUT2D eigenvalue weighted by atomic mass is 16.2. The summed E-state index contributed by atoms with van der Waals surface area (Å²) in [7, 11) is 0. The minimum absolute atomic E-state index is 0.262. The number of nitrogens with zero attached hydrogens (tertiary/aromatic N) is 2. The molecule has 28 heavy (non-hydrogen) atoms. The number of aryl methyl sites for hydroxylation is 1. The topological polar surface area (TPSA) is 54.3 Å². The number of rotatable bonds is 4.